The van der Waals surface area contributed by atoms with E-state index in [0.717, 1.165) is 30.4 Å². The maximum Gasteiger partial charge on any atom is 0.262 e. The van der Waals surface area contributed by atoms with E-state index in [4.69, 9.17) is 4.74 Å². The highest BCUT2D eigenvalue weighted by atomic mass is 32.1. The van der Waals surface area contributed by atoms with E-state index in [-0.39, 0.29) is 0 Å². The van der Waals surface area contributed by atoms with E-state index in [2.05, 4.69) is 71.9 Å². The van der Waals surface area contributed by atoms with Crippen LogP contribution in [0.4, 0.5) is 5.69 Å². The quantitative estimate of drug-likeness (QED) is 0.430. The summed E-state index contributed by atoms with van der Waals surface area (Å²) in [6, 6.07) is 16.7. The molecular weight excluding hydrogens is 352 g/mol. The topological polar surface area (TPSA) is 16.4 Å². The number of thiazole rings is 1. The summed E-state index contributed by atoms with van der Waals surface area (Å²) >= 11 is 1.82. The number of nitrogens with zero attached hydrogens (tertiary/aromatic N) is 2. The minimum absolute atomic E-state index is 0.869. The van der Waals surface area contributed by atoms with Gasteiger partial charge in [-0.15, -0.1) is 0 Å². The molecule has 1 aromatic heterocycles. The van der Waals surface area contributed by atoms with Crippen LogP contribution in [0.15, 0.2) is 78.7 Å². The van der Waals surface area contributed by atoms with Crippen LogP contribution in [0, 0.1) is 0 Å². The van der Waals surface area contributed by atoms with Crippen LogP contribution in [0.1, 0.15) is 18.9 Å². The number of ether oxygens (including phenoxy) is 1. The molecule has 0 unspecified atom stereocenters. The lowest BCUT2D eigenvalue weighted by atomic mass is 10.3. The molecule has 2 aromatic carbocycles. The van der Waals surface area contributed by atoms with E-state index in [0.29, 0.717) is 0 Å². The zero-order valence-corrected chi connectivity index (χ0v) is 16.4. The van der Waals surface area contributed by atoms with Gasteiger partial charge in [-0.2, -0.15) is 4.57 Å². The highest BCUT2D eigenvalue weighted by molar-refractivity contribution is 7.18. The van der Waals surface area contributed by atoms with Crippen LogP contribution in [-0.2, 0) is 6.54 Å². The van der Waals surface area contributed by atoms with E-state index in [9.17, 15) is 0 Å². The smallest absolute Gasteiger partial charge is 0.262 e. The molecule has 0 saturated carbocycles. The Morgan fingerprint density at radius 1 is 1.00 bits per heavy atom. The Kier molecular flexibility index (Phi) is 5.07. The Labute approximate surface area is 164 Å². The van der Waals surface area contributed by atoms with Crippen molar-refractivity contribution in [1.29, 1.82) is 0 Å². The maximum atomic E-state index is 5.96. The largest absolute Gasteiger partial charge is 0.439 e. The van der Waals surface area contributed by atoms with Crippen LogP contribution < -0.4 is 14.2 Å². The van der Waals surface area contributed by atoms with E-state index in [1.807, 2.05) is 41.7 Å². The van der Waals surface area contributed by atoms with Gasteiger partial charge in [0.15, 0.2) is 5.75 Å². The normalized spacial score (nSPS) is 15.3. The average molecular weight is 376 g/mol. The van der Waals surface area contributed by atoms with Crippen molar-refractivity contribution in [2.45, 2.75) is 20.4 Å². The Morgan fingerprint density at radius 2 is 1.81 bits per heavy atom. The molecule has 4 rings (SSSR count). The number of aromatic nitrogens is 1. The van der Waals surface area contributed by atoms with Gasteiger partial charge in [-0.3, -0.25) is 0 Å². The van der Waals surface area contributed by atoms with E-state index in [1.54, 1.807) is 0 Å². The van der Waals surface area contributed by atoms with Crippen LogP contribution in [0.3, 0.4) is 0 Å². The van der Waals surface area contributed by atoms with Gasteiger partial charge in [0, 0.05) is 18.7 Å². The number of hydrogen-bond acceptors (Lipinski definition) is 3. The van der Waals surface area contributed by atoms with E-state index in [1.165, 1.54) is 15.2 Å². The lowest BCUT2D eigenvalue weighted by Gasteiger charge is -2.14. The van der Waals surface area contributed by atoms with Crippen molar-refractivity contribution in [2.24, 2.45) is 0 Å². The molecule has 0 amide bonds. The molecule has 0 fully saturated rings. The average Bonchev–Trinajstić information content (AvgIpc) is 3.24. The summed E-state index contributed by atoms with van der Waals surface area (Å²) in [7, 11) is 0. The number of anilines is 1. The summed E-state index contributed by atoms with van der Waals surface area (Å²) < 4.78 is 9.63. The Bertz CT molecular complexity index is 1050. The molecule has 0 saturated heterocycles. The van der Waals surface area contributed by atoms with Crippen molar-refractivity contribution in [2.75, 3.05) is 11.4 Å². The fourth-order valence-corrected chi connectivity index (χ4v) is 4.49. The molecule has 3 nitrogen and oxygen atoms in total. The van der Waals surface area contributed by atoms with Gasteiger partial charge in [0.1, 0.15) is 11.2 Å². The molecule has 27 heavy (non-hydrogen) atoms. The maximum absolute atomic E-state index is 5.96. The molecule has 0 spiro atoms. The van der Waals surface area contributed by atoms with Crippen molar-refractivity contribution in [3.8, 4) is 5.75 Å². The Morgan fingerprint density at radius 3 is 2.67 bits per heavy atom. The molecule has 3 aromatic rings. The zero-order valence-electron chi connectivity index (χ0n) is 15.6. The first-order chi connectivity index (χ1) is 13.3. The molecule has 4 heteroatoms. The first-order valence-electron chi connectivity index (χ1n) is 9.32. The predicted molar refractivity (Wildman–Crippen MR) is 114 cm³/mol. The molecule has 0 atom stereocenters. The highest BCUT2D eigenvalue weighted by Gasteiger charge is 2.23. The van der Waals surface area contributed by atoms with Crippen molar-refractivity contribution in [3.63, 3.8) is 0 Å². The van der Waals surface area contributed by atoms with Crippen LogP contribution in [-0.4, -0.2) is 6.54 Å². The minimum Gasteiger partial charge on any atom is -0.439 e. The lowest BCUT2D eigenvalue weighted by molar-refractivity contribution is -0.665. The second kappa shape index (κ2) is 7.80. The molecule has 1 aliphatic rings. The number of benzene rings is 2. The second-order valence-electron chi connectivity index (χ2n) is 6.22. The van der Waals surface area contributed by atoms with Crippen molar-refractivity contribution in [3.05, 3.63) is 83.7 Å². The first-order valence-corrected chi connectivity index (χ1v) is 10.1. The summed E-state index contributed by atoms with van der Waals surface area (Å²) in [5.41, 5.74) is 2.43. The van der Waals surface area contributed by atoms with Crippen molar-refractivity contribution >= 4 is 33.3 Å². The van der Waals surface area contributed by atoms with Gasteiger partial charge in [0.25, 0.3) is 5.01 Å². The first kappa shape index (κ1) is 17.6. The number of fused-ring (bicyclic) bond motifs is 2. The molecule has 136 valence electrons. The number of para-hydroxylation sites is 3. The SMILES string of the molecule is CCN1C(=CC=CC=Cc2sc3ccccc3[n+]2CC)Oc2ccccc21. The van der Waals surface area contributed by atoms with E-state index >= 15 is 0 Å². The fraction of sp³-hybridized carbons (Fsp3) is 0.174. The van der Waals surface area contributed by atoms with Crippen LogP contribution in [0.25, 0.3) is 16.3 Å². The molecule has 0 N–H and O–H groups in total. The van der Waals surface area contributed by atoms with Gasteiger partial charge in [-0.1, -0.05) is 53.8 Å². The molecule has 0 aliphatic carbocycles. The molecule has 1 aliphatic heterocycles. The van der Waals surface area contributed by atoms with Gasteiger partial charge >= 0.3 is 0 Å². The molecule has 0 radical (unpaired) electrons. The van der Waals surface area contributed by atoms with Gasteiger partial charge in [0.05, 0.1) is 5.69 Å². The van der Waals surface area contributed by atoms with Crippen LogP contribution in [0.2, 0.25) is 0 Å². The summed E-state index contributed by atoms with van der Waals surface area (Å²) in [4.78, 5) is 2.18. The number of hydrogen-bond donors (Lipinski definition) is 0. The highest BCUT2D eigenvalue weighted by Crippen LogP contribution is 2.38. The fourth-order valence-electron chi connectivity index (χ4n) is 3.35. The second-order valence-corrected chi connectivity index (χ2v) is 7.28. The standard InChI is InChI=1S/C23H23N2OS/c1-3-24-18-12-8-10-14-20(18)26-22(24)16-6-5-7-17-23-25(4-2)19-13-9-11-15-21(19)27-23/h5-17H,3-4H2,1-2H3/q+1. The molecule has 0 bridgehead atoms. The summed E-state index contributed by atoms with van der Waals surface area (Å²) in [6.45, 7) is 6.17. The van der Waals surface area contributed by atoms with Gasteiger partial charge < -0.3 is 9.64 Å². The molecular formula is C23H23N2OS+. The summed E-state index contributed by atoms with van der Waals surface area (Å²) in [5, 5.41) is 1.26. The monoisotopic (exact) mass is 375 g/mol. The van der Waals surface area contributed by atoms with Gasteiger partial charge in [0.2, 0.25) is 11.4 Å². The molecule has 2 heterocycles. The number of rotatable bonds is 5. The third kappa shape index (κ3) is 3.40. The minimum atomic E-state index is 0.869. The van der Waals surface area contributed by atoms with E-state index < -0.39 is 0 Å². The van der Waals surface area contributed by atoms with Crippen LogP contribution in [0.5, 0.6) is 5.75 Å². The Hall–Kier alpha value is -2.85. The van der Waals surface area contributed by atoms with Crippen LogP contribution >= 0.6 is 11.3 Å². The third-order valence-corrected chi connectivity index (χ3v) is 5.74. The number of allylic oxidation sites excluding steroid dienone is 4. The summed E-state index contributed by atoms with van der Waals surface area (Å²) in [5.74, 6) is 1.79. The zero-order chi connectivity index (χ0) is 18.6. The van der Waals surface area contributed by atoms with Crippen molar-refractivity contribution < 1.29 is 9.30 Å². The number of aryl methyl sites for hydroxylation is 1. The summed E-state index contributed by atoms with van der Waals surface area (Å²) in [6.07, 6.45) is 10.4. The van der Waals surface area contributed by atoms with Gasteiger partial charge in [-0.25, -0.2) is 0 Å². The van der Waals surface area contributed by atoms with Crippen molar-refractivity contribution in [1.82, 2.24) is 0 Å². The van der Waals surface area contributed by atoms with Gasteiger partial charge in [-0.05, 0) is 38.1 Å². The lowest BCUT2D eigenvalue weighted by Crippen LogP contribution is -2.33. The predicted octanol–water partition coefficient (Wildman–Crippen LogP) is 5.54. The third-order valence-electron chi connectivity index (χ3n) is 4.61. The Balaban J connectivity index is 1.51.